The highest BCUT2D eigenvalue weighted by molar-refractivity contribution is 7.84. The summed E-state index contributed by atoms with van der Waals surface area (Å²) >= 11 is 8.90. The summed E-state index contributed by atoms with van der Waals surface area (Å²) in [4.78, 5) is 0. The molecule has 0 rings (SSSR count). The van der Waals surface area contributed by atoms with Crippen molar-refractivity contribution < 1.29 is 0 Å². The van der Waals surface area contributed by atoms with Gasteiger partial charge in [-0.2, -0.15) is 0 Å². The van der Waals surface area contributed by atoms with E-state index in [-0.39, 0.29) is 0 Å². The first-order valence-corrected chi connectivity index (χ1v) is 2.23. The van der Waals surface area contributed by atoms with Gasteiger partial charge in [0.15, 0.2) is 0 Å². The Hall–Kier alpha value is 0.700. The summed E-state index contributed by atoms with van der Waals surface area (Å²) < 4.78 is 0. The van der Waals surface area contributed by atoms with Crippen molar-refractivity contribution in [1.82, 2.24) is 0 Å². The van der Waals surface area contributed by atoms with E-state index in [9.17, 15) is 0 Å². The number of hydrogen-bond donors (Lipinski definition) is 0. The van der Waals surface area contributed by atoms with E-state index < -0.39 is 0 Å². The van der Waals surface area contributed by atoms with Crippen molar-refractivity contribution in [3.8, 4) is 0 Å². The molecule has 0 N–H and O–H groups in total. The van der Waals surface area contributed by atoms with Gasteiger partial charge in [0, 0.05) is 11.5 Å². The summed E-state index contributed by atoms with van der Waals surface area (Å²) in [6, 6.07) is 0. The van der Waals surface area contributed by atoms with Crippen molar-refractivity contribution in [3.63, 3.8) is 0 Å². The first-order chi connectivity index (χ1) is 1.91. The summed E-state index contributed by atoms with van der Waals surface area (Å²) in [6.45, 7) is 0. The van der Waals surface area contributed by atoms with Crippen LogP contribution in [0, 0.1) is 0 Å². The van der Waals surface area contributed by atoms with Crippen LogP contribution in [0.15, 0.2) is 0 Å². The van der Waals surface area contributed by atoms with E-state index in [1.807, 2.05) is 0 Å². The van der Waals surface area contributed by atoms with Crippen LogP contribution in [0.3, 0.4) is 0 Å². The van der Waals surface area contributed by atoms with Crippen molar-refractivity contribution >= 4 is 25.3 Å². The van der Waals surface area contributed by atoms with E-state index in [0.29, 0.717) is 0 Å². The molecular weight excluding hydrogens is 88.2 g/mol. The number of hydrogen-bond acceptors (Lipinski definition) is 0. The van der Waals surface area contributed by atoms with E-state index in [1.54, 1.807) is 0 Å². The molecule has 24 valence electrons. The molecule has 0 spiro atoms. The monoisotopic (exact) mass is 92.0 g/mol. The van der Waals surface area contributed by atoms with E-state index in [2.05, 4.69) is 25.3 Å². The van der Waals surface area contributed by atoms with Gasteiger partial charge in [-0.05, 0) is 0 Å². The normalized spacial score (nSPS) is 7.50. The fourth-order valence-electron chi connectivity index (χ4n) is 0. The van der Waals surface area contributed by atoms with Crippen molar-refractivity contribution in [2.45, 2.75) is 0 Å². The maximum absolute atomic E-state index is 4.45. The van der Waals surface area contributed by atoms with Crippen LogP contribution >= 0.6 is 25.3 Å². The minimum absolute atomic E-state index is 0.718. The fraction of sp³-hybridized carbons (Fsp3) is 1.00. The van der Waals surface area contributed by atoms with Gasteiger partial charge in [-0.25, -0.2) is 0 Å². The quantitative estimate of drug-likeness (QED) is 0.458. The average molecular weight is 92.2 g/mol. The minimum atomic E-state index is 0.718. The van der Waals surface area contributed by atoms with Gasteiger partial charge in [0.1, 0.15) is 0 Å². The summed E-state index contributed by atoms with van der Waals surface area (Å²) in [5.41, 5.74) is 0. The predicted molar refractivity (Wildman–Crippen MR) is 24.9 cm³/mol. The minimum Gasteiger partial charge on any atom is -0.0932 e. The van der Waals surface area contributed by atoms with Gasteiger partial charge in [0.2, 0.25) is 0 Å². The smallest absolute Gasteiger partial charge is 0.0136 e. The zero-order valence-corrected chi connectivity index (χ0v) is 3.86. The lowest BCUT2D eigenvalue weighted by Gasteiger charge is -1.63. The van der Waals surface area contributed by atoms with Gasteiger partial charge in [0.05, 0.1) is 0 Å². The van der Waals surface area contributed by atoms with Crippen LogP contribution in [-0.2, 0) is 0 Å². The molecule has 2 radical (unpaired) electrons. The Morgan fingerprint density at radius 2 is 1.25 bits per heavy atom. The highest BCUT2D eigenvalue weighted by Gasteiger charge is 1.60. The lowest BCUT2D eigenvalue weighted by molar-refractivity contribution is 1.59. The predicted octanol–water partition coefficient (Wildman–Crippen LogP) is 1.38. The van der Waals surface area contributed by atoms with Crippen LogP contribution in [0.1, 0.15) is 0 Å². The molecule has 0 atom stereocenters. The van der Waals surface area contributed by atoms with Gasteiger partial charge < -0.3 is 0 Å². The lowest BCUT2D eigenvalue weighted by atomic mass is 11.0. The number of rotatable bonds is 1. The molecule has 0 heterocycles. The fourth-order valence-corrected chi connectivity index (χ4v) is 0. The van der Waals surface area contributed by atoms with Gasteiger partial charge in [-0.3, -0.25) is 0 Å². The second-order valence-corrected chi connectivity index (χ2v) is 1.22. The molecule has 0 unspecified atom stereocenters. The Labute approximate surface area is 37.4 Å². The molecule has 0 fully saturated rings. The van der Waals surface area contributed by atoms with Gasteiger partial charge in [0.25, 0.3) is 0 Å². The van der Waals surface area contributed by atoms with Gasteiger partial charge >= 0.3 is 0 Å². The molecule has 0 aliphatic carbocycles. The van der Waals surface area contributed by atoms with Crippen molar-refractivity contribution in [2.24, 2.45) is 0 Å². The van der Waals surface area contributed by atoms with Crippen LogP contribution in [0.4, 0.5) is 0 Å². The Morgan fingerprint density at radius 1 is 1.00 bits per heavy atom. The van der Waals surface area contributed by atoms with E-state index in [0.717, 1.165) is 11.5 Å². The van der Waals surface area contributed by atoms with Crippen LogP contribution in [-0.4, -0.2) is 11.5 Å². The maximum Gasteiger partial charge on any atom is 0.0136 e. The molecule has 0 bridgehead atoms. The molecule has 0 aliphatic heterocycles. The first kappa shape index (κ1) is 4.70. The molecule has 0 aromatic carbocycles. The lowest BCUT2D eigenvalue weighted by Crippen LogP contribution is -1.64. The third-order valence-electron chi connectivity index (χ3n) is 0.0833. The molecule has 0 saturated carbocycles. The van der Waals surface area contributed by atoms with Gasteiger partial charge in [-0.1, -0.05) is 25.3 Å². The Kier molecular flexibility index (Phi) is 4.35. The Bertz CT molecular complexity index is 6.00. The molecule has 0 aromatic rings. The summed E-state index contributed by atoms with van der Waals surface area (Å²) in [7, 11) is 0. The van der Waals surface area contributed by atoms with Crippen LogP contribution in [0.5, 0.6) is 0 Å². The van der Waals surface area contributed by atoms with E-state index in [4.69, 9.17) is 0 Å². The topological polar surface area (TPSA) is 0 Å². The molecule has 2 heteroatoms. The van der Waals surface area contributed by atoms with Crippen LogP contribution < -0.4 is 0 Å². The molecule has 0 saturated heterocycles. The molecule has 0 amide bonds. The third kappa shape index (κ3) is 2.70. The van der Waals surface area contributed by atoms with E-state index in [1.165, 1.54) is 0 Å². The van der Waals surface area contributed by atoms with E-state index >= 15 is 0 Å². The van der Waals surface area contributed by atoms with Gasteiger partial charge in [-0.15, -0.1) is 0 Å². The summed E-state index contributed by atoms with van der Waals surface area (Å²) in [5.74, 6) is 1.44. The second kappa shape index (κ2) is 3.70. The highest BCUT2D eigenvalue weighted by atomic mass is 32.1. The molecular formula is C2H4S2. The standard InChI is InChI=1S/C2H4S2/c3-1-2-4/h1-2H2. The van der Waals surface area contributed by atoms with Crippen LogP contribution in [0.2, 0.25) is 0 Å². The maximum atomic E-state index is 4.45. The molecule has 0 nitrogen and oxygen atoms in total. The molecule has 4 heavy (non-hydrogen) atoms. The molecule has 0 aliphatic rings. The zero-order valence-electron chi connectivity index (χ0n) is 2.23. The van der Waals surface area contributed by atoms with Crippen molar-refractivity contribution in [1.29, 1.82) is 0 Å². The Morgan fingerprint density at radius 3 is 1.25 bits per heavy atom. The third-order valence-corrected chi connectivity index (χ3v) is 0.750. The average Bonchev–Trinajstić information content (AvgIpc) is 1.37. The highest BCUT2D eigenvalue weighted by Crippen LogP contribution is 1.73. The Balaban J connectivity index is 1.97. The largest absolute Gasteiger partial charge is 0.0932 e. The summed E-state index contributed by atoms with van der Waals surface area (Å²) in [5, 5.41) is 0. The molecule has 0 aromatic heterocycles. The zero-order chi connectivity index (χ0) is 3.41. The van der Waals surface area contributed by atoms with Crippen molar-refractivity contribution in [3.05, 3.63) is 0 Å². The van der Waals surface area contributed by atoms with Crippen LogP contribution in [0.25, 0.3) is 0 Å². The first-order valence-electron chi connectivity index (χ1n) is 1.08. The SMILES string of the molecule is [S]CC[S]. The van der Waals surface area contributed by atoms with Crippen molar-refractivity contribution in [2.75, 3.05) is 11.5 Å². The second-order valence-electron chi connectivity index (χ2n) is 0.408. The summed E-state index contributed by atoms with van der Waals surface area (Å²) in [6.07, 6.45) is 0.